The number of halogens is 1. The first-order chi connectivity index (χ1) is 10.6. The van der Waals surface area contributed by atoms with Gasteiger partial charge in [-0.1, -0.05) is 15.9 Å². The van der Waals surface area contributed by atoms with Crippen LogP contribution in [0.25, 0.3) is 0 Å². The number of carbonyl (C=O) groups is 1. The zero-order valence-electron chi connectivity index (χ0n) is 13.1. The van der Waals surface area contributed by atoms with Crippen molar-refractivity contribution < 1.29 is 9.53 Å². The summed E-state index contributed by atoms with van der Waals surface area (Å²) in [4.78, 5) is 16.5. The van der Waals surface area contributed by atoms with Gasteiger partial charge >= 0.3 is 0 Å². The molecule has 1 fully saturated rings. The normalized spacial score (nSPS) is 16.5. The minimum atomic E-state index is -0.0682. The number of nitrogens with zero attached hydrogens (tertiary/aromatic N) is 2. The minimum Gasteiger partial charge on any atom is -0.484 e. The van der Waals surface area contributed by atoms with Crippen LogP contribution in [0.2, 0.25) is 0 Å². The molecular weight excluding hydrogens is 346 g/mol. The molecule has 22 heavy (non-hydrogen) atoms. The molecule has 6 heteroatoms. The molecule has 122 valence electrons. The number of benzene rings is 1. The zero-order valence-corrected chi connectivity index (χ0v) is 14.6. The topological polar surface area (TPSA) is 44.8 Å². The summed E-state index contributed by atoms with van der Waals surface area (Å²) in [6.45, 7) is 6.32. The molecular formula is C16H24BrN3O2. The number of hydrogen-bond donors (Lipinski definition) is 1. The Balaban J connectivity index is 1.53. The van der Waals surface area contributed by atoms with Gasteiger partial charge in [-0.05, 0) is 44.3 Å². The Labute approximate surface area is 140 Å². The van der Waals surface area contributed by atoms with E-state index in [2.05, 4.69) is 38.1 Å². The summed E-state index contributed by atoms with van der Waals surface area (Å²) in [5.74, 6) is 0.636. The van der Waals surface area contributed by atoms with Gasteiger partial charge in [-0.15, -0.1) is 0 Å². The third kappa shape index (κ3) is 6.34. The summed E-state index contributed by atoms with van der Waals surface area (Å²) in [5.41, 5.74) is 0. The molecule has 2 rings (SSSR count). The van der Waals surface area contributed by atoms with Crippen molar-refractivity contribution in [3.05, 3.63) is 28.7 Å². The molecule has 0 aliphatic carbocycles. The fourth-order valence-electron chi connectivity index (χ4n) is 2.33. The molecule has 1 heterocycles. The zero-order chi connectivity index (χ0) is 15.8. The van der Waals surface area contributed by atoms with Gasteiger partial charge in [-0.2, -0.15) is 0 Å². The maximum Gasteiger partial charge on any atom is 0.257 e. The molecule has 1 aromatic rings. The summed E-state index contributed by atoms with van der Waals surface area (Å²) in [6, 6.07) is 7.46. The van der Waals surface area contributed by atoms with Crippen LogP contribution in [0.1, 0.15) is 6.42 Å². The molecule has 0 spiro atoms. The van der Waals surface area contributed by atoms with Crippen LogP contribution in [0.3, 0.4) is 0 Å². The average Bonchev–Trinajstić information content (AvgIpc) is 2.53. The Morgan fingerprint density at radius 3 is 2.59 bits per heavy atom. The Morgan fingerprint density at radius 2 is 1.91 bits per heavy atom. The SMILES string of the molecule is CN1CCN(CCCNC(=O)COc2ccc(Br)cc2)CC1. The third-order valence-electron chi connectivity index (χ3n) is 3.75. The van der Waals surface area contributed by atoms with Crippen LogP contribution in [-0.4, -0.2) is 68.6 Å². The van der Waals surface area contributed by atoms with Crippen LogP contribution in [0.4, 0.5) is 0 Å². The highest BCUT2D eigenvalue weighted by atomic mass is 79.9. The number of rotatable bonds is 7. The first kappa shape index (κ1) is 17.2. The van der Waals surface area contributed by atoms with E-state index in [0.29, 0.717) is 12.3 Å². The number of ether oxygens (including phenoxy) is 1. The summed E-state index contributed by atoms with van der Waals surface area (Å²) in [6.07, 6.45) is 0.980. The predicted octanol–water partition coefficient (Wildman–Crippen LogP) is 1.58. The van der Waals surface area contributed by atoms with Gasteiger partial charge in [-0.3, -0.25) is 4.79 Å². The predicted molar refractivity (Wildman–Crippen MR) is 91.2 cm³/mol. The average molecular weight is 370 g/mol. The lowest BCUT2D eigenvalue weighted by molar-refractivity contribution is -0.123. The van der Waals surface area contributed by atoms with E-state index in [1.165, 1.54) is 0 Å². The van der Waals surface area contributed by atoms with E-state index in [4.69, 9.17) is 4.74 Å². The fraction of sp³-hybridized carbons (Fsp3) is 0.562. The van der Waals surface area contributed by atoms with Crippen LogP contribution in [0.15, 0.2) is 28.7 Å². The van der Waals surface area contributed by atoms with Crippen molar-refractivity contribution in [2.45, 2.75) is 6.42 Å². The lowest BCUT2D eigenvalue weighted by Crippen LogP contribution is -2.45. The second-order valence-corrected chi connectivity index (χ2v) is 6.51. The van der Waals surface area contributed by atoms with E-state index >= 15 is 0 Å². The number of nitrogens with one attached hydrogen (secondary N) is 1. The molecule has 0 atom stereocenters. The largest absolute Gasteiger partial charge is 0.484 e. The molecule has 1 aromatic carbocycles. The number of carbonyl (C=O) groups excluding carboxylic acids is 1. The van der Waals surface area contributed by atoms with Crippen molar-refractivity contribution in [2.24, 2.45) is 0 Å². The lowest BCUT2D eigenvalue weighted by Gasteiger charge is -2.32. The summed E-state index contributed by atoms with van der Waals surface area (Å²) in [5, 5.41) is 2.90. The molecule has 0 radical (unpaired) electrons. The lowest BCUT2D eigenvalue weighted by atomic mass is 10.3. The van der Waals surface area contributed by atoms with Gasteiger partial charge in [0, 0.05) is 37.2 Å². The monoisotopic (exact) mass is 369 g/mol. The van der Waals surface area contributed by atoms with E-state index in [1.54, 1.807) is 0 Å². The highest BCUT2D eigenvalue weighted by Gasteiger charge is 2.12. The first-order valence-corrected chi connectivity index (χ1v) is 8.49. The Morgan fingerprint density at radius 1 is 1.23 bits per heavy atom. The van der Waals surface area contributed by atoms with Gasteiger partial charge in [0.15, 0.2) is 6.61 Å². The molecule has 0 aromatic heterocycles. The van der Waals surface area contributed by atoms with Crippen molar-refractivity contribution >= 4 is 21.8 Å². The number of amides is 1. The van der Waals surface area contributed by atoms with Crippen LogP contribution in [-0.2, 0) is 4.79 Å². The Bertz CT molecular complexity index is 459. The molecule has 0 unspecified atom stereocenters. The quantitative estimate of drug-likeness (QED) is 0.741. The van der Waals surface area contributed by atoms with E-state index < -0.39 is 0 Å². The molecule has 1 aliphatic rings. The molecule has 0 saturated carbocycles. The van der Waals surface area contributed by atoms with Crippen LogP contribution >= 0.6 is 15.9 Å². The molecule has 1 N–H and O–H groups in total. The van der Waals surface area contributed by atoms with Gasteiger partial charge in [0.1, 0.15) is 5.75 Å². The first-order valence-electron chi connectivity index (χ1n) is 7.69. The molecule has 5 nitrogen and oxygen atoms in total. The van der Waals surface area contributed by atoms with Crippen molar-refractivity contribution in [1.82, 2.24) is 15.1 Å². The van der Waals surface area contributed by atoms with E-state index in [9.17, 15) is 4.79 Å². The number of piperazine rings is 1. The van der Waals surface area contributed by atoms with Crippen molar-refractivity contribution in [3.63, 3.8) is 0 Å². The van der Waals surface area contributed by atoms with Crippen LogP contribution in [0.5, 0.6) is 5.75 Å². The molecule has 1 aliphatic heterocycles. The highest BCUT2D eigenvalue weighted by molar-refractivity contribution is 9.10. The standard InChI is InChI=1S/C16H24BrN3O2/c1-19-9-11-20(12-10-19)8-2-7-18-16(21)13-22-15-5-3-14(17)4-6-15/h3-6H,2,7-13H2,1H3,(H,18,21). The molecule has 0 bridgehead atoms. The number of likely N-dealkylation sites (N-methyl/N-ethyl adjacent to an activating group) is 1. The van der Waals surface area contributed by atoms with Gasteiger partial charge < -0.3 is 19.9 Å². The van der Waals surface area contributed by atoms with Crippen molar-refractivity contribution in [1.29, 1.82) is 0 Å². The Hall–Kier alpha value is -1.11. The third-order valence-corrected chi connectivity index (χ3v) is 4.28. The maximum absolute atomic E-state index is 11.7. The van der Waals surface area contributed by atoms with Crippen molar-refractivity contribution in [3.8, 4) is 5.75 Å². The summed E-state index contributed by atoms with van der Waals surface area (Å²) < 4.78 is 6.43. The van der Waals surface area contributed by atoms with Crippen LogP contribution < -0.4 is 10.1 Å². The summed E-state index contributed by atoms with van der Waals surface area (Å²) >= 11 is 3.36. The van der Waals surface area contributed by atoms with E-state index in [0.717, 1.165) is 43.6 Å². The van der Waals surface area contributed by atoms with Gasteiger partial charge in [0.05, 0.1) is 0 Å². The molecule has 1 amide bonds. The van der Waals surface area contributed by atoms with Gasteiger partial charge in [0.25, 0.3) is 5.91 Å². The highest BCUT2D eigenvalue weighted by Crippen LogP contribution is 2.15. The smallest absolute Gasteiger partial charge is 0.257 e. The van der Waals surface area contributed by atoms with Crippen LogP contribution in [0, 0.1) is 0 Å². The Kier molecular flexibility index (Phi) is 7.15. The summed E-state index contributed by atoms with van der Waals surface area (Å²) in [7, 11) is 2.16. The van der Waals surface area contributed by atoms with Gasteiger partial charge in [-0.25, -0.2) is 0 Å². The number of hydrogen-bond acceptors (Lipinski definition) is 4. The van der Waals surface area contributed by atoms with E-state index in [-0.39, 0.29) is 12.5 Å². The second-order valence-electron chi connectivity index (χ2n) is 5.59. The second kappa shape index (κ2) is 9.12. The van der Waals surface area contributed by atoms with Gasteiger partial charge in [0.2, 0.25) is 0 Å². The maximum atomic E-state index is 11.7. The van der Waals surface area contributed by atoms with Crippen molar-refractivity contribution in [2.75, 3.05) is 52.9 Å². The molecule has 1 saturated heterocycles. The fourth-order valence-corrected chi connectivity index (χ4v) is 2.60. The van der Waals surface area contributed by atoms with E-state index in [1.807, 2.05) is 24.3 Å². The minimum absolute atomic E-state index is 0.0656.